The molecule has 1 aliphatic heterocycles. The third-order valence-electron chi connectivity index (χ3n) is 4.63. The molecule has 1 N–H and O–H groups in total. The monoisotopic (exact) mass is 431 g/mol. The molecule has 0 spiro atoms. The van der Waals surface area contributed by atoms with Crippen molar-refractivity contribution in [3.8, 4) is 11.5 Å². The second-order valence-electron chi connectivity index (χ2n) is 7.27. The first-order chi connectivity index (χ1) is 14.1. The third-order valence-corrected chi connectivity index (χ3v) is 6.07. The molecule has 0 fully saturated rings. The van der Waals surface area contributed by atoms with Gasteiger partial charge in [-0.2, -0.15) is 4.72 Å². The Kier molecular flexibility index (Phi) is 6.19. The van der Waals surface area contributed by atoms with Crippen LogP contribution in [0.5, 0.6) is 11.5 Å². The number of para-hydroxylation sites is 1. The van der Waals surface area contributed by atoms with Crippen molar-refractivity contribution < 1.29 is 27.4 Å². The summed E-state index contributed by atoms with van der Waals surface area (Å²) in [7, 11) is -2.45. The van der Waals surface area contributed by atoms with Gasteiger partial charge in [-0.3, -0.25) is 0 Å². The molecule has 2 aromatic carbocycles. The van der Waals surface area contributed by atoms with Gasteiger partial charge < -0.3 is 14.2 Å². The lowest BCUT2D eigenvalue weighted by atomic mass is 9.95. The molecule has 1 atom stereocenters. The Labute approximate surface area is 176 Å². The first-order valence-electron chi connectivity index (χ1n) is 9.49. The van der Waals surface area contributed by atoms with E-state index in [-0.39, 0.29) is 22.3 Å². The summed E-state index contributed by atoms with van der Waals surface area (Å²) in [4.78, 5) is 12.9. The Bertz CT molecular complexity index is 1090. The van der Waals surface area contributed by atoms with E-state index in [9.17, 15) is 13.2 Å². The van der Waals surface area contributed by atoms with Crippen LogP contribution in [-0.4, -0.2) is 27.6 Å². The maximum absolute atomic E-state index is 13.1. The van der Waals surface area contributed by atoms with Gasteiger partial charge in [0.05, 0.1) is 29.7 Å². The number of aryl methyl sites for hydroxylation is 1. The van der Waals surface area contributed by atoms with Crippen molar-refractivity contribution in [1.82, 2.24) is 4.72 Å². The highest BCUT2D eigenvalue weighted by Gasteiger charge is 2.38. The van der Waals surface area contributed by atoms with Gasteiger partial charge in [-0.25, -0.2) is 13.2 Å². The van der Waals surface area contributed by atoms with Crippen LogP contribution >= 0.6 is 0 Å². The van der Waals surface area contributed by atoms with Crippen molar-refractivity contribution in [2.24, 2.45) is 0 Å². The van der Waals surface area contributed by atoms with E-state index in [2.05, 4.69) is 4.72 Å². The van der Waals surface area contributed by atoms with Gasteiger partial charge in [-0.15, -0.1) is 0 Å². The smallest absolute Gasteiger partial charge is 0.339 e. The number of benzene rings is 2. The van der Waals surface area contributed by atoms with Crippen LogP contribution in [-0.2, 0) is 19.6 Å². The van der Waals surface area contributed by atoms with Crippen molar-refractivity contribution in [3.05, 3.63) is 64.9 Å². The largest absolute Gasteiger partial charge is 0.493 e. The molecular formula is C22H25NO6S. The van der Waals surface area contributed by atoms with E-state index < -0.39 is 22.0 Å². The van der Waals surface area contributed by atoms with E-state index in [1.165, 1.54) is 19.2 Å². The lowest BCUT2D eigenvalue weighted by Gasteiger charge is -2.30. The summed E-state index contributed by atoms with van der Waals surface area (Å²) < 4.78 is 45.4. The minimum Gasteiger partial charge on any atom is -0.493 e. The quantitative estimate of drug-likeness (QED) is 0.702. The van der Waals surface area contributed by atoms with Gasteiger partial charge in [0, 0.05) is 5.56 Å². The number of carbonyl (C=O) groups excluding carboxylic acids is 1. The zero-order valence-corrected chi connectivity index (χ0v) is 18.4. The standard InChI is InChI=1S/C22H25NO6S/c1-13(2)28-22(24)19-15(4)29-21-17(7-6-8-18(21)27-5)20(19)23-30(25,26)16-11-9-14(3)10-12-16/h6-13,20,23H,1-5H3/t20-/m1/s1. The number of fused-ring (bicyclic) bond motifs is 1. The van der Waals surface area contributed by atoms with Crippen LogP contribution in [0.15, 0.2) is 58.7 Å². The van der Waals surface area contributed by atoms with E-state index in [0.29, 0.717) is 17.1 Å². The second kappa shape index (κ2) is 8.49. The number of sulfonamides is 1. The van der Waals surface area contributed by atoms with Gasteiger partial charge in [0.15, 0.2) is 11.5 Å². The number of allylic oxidation sites excluding steroid dienone is 1. The normalized spacial score (nSPS) is 16.1. The topological polar surface area (TPSA) is 90.9 Å². The highest BCUT2D eigenvalue weighted by atomic mass is 32.2. The summed E-state index contributed by atoms with van der Waals surface area (Å²) in [6.45, 7) is 6.91. The van der Waals surface area contributed by atoms with Gasteiger partial charge in [0.1, 0.15) is 5.76 Å². The average molecular weight is 432 g/mol. The fraction of sp³-hybridized carbons (Fsp3) is 0.318. The Balaban J connectivity index is 2.11. The fourth-order valence-electron chi connectivity index (χ4n) is 3.20. The highest BCUT2D eigenvalue weighted by Crippen LogP contribution is 2.44. The molecule has 0 amide bonds. The number of ether oxygens (including phenoxy) is 3. The molecule has 2 aromatic rings. The number of methoxy groups -OCH3 is 1. The first-order valence-corrected chi connectivity index (χ1v) is 11.0. The van der Waals surface area contributed by atoms with Crippen LogP contribution in [0.25, 0.3) is 0 Å². The summed E-state index contributed by atoms with van der Waals surface area (Å²) >= 11 is 0. The van der Waals surface area contributed by atoms with Gasteiger partial charge in [-0.05, 0) is 45.9 Å². The van der Waals surface area contributed by atoms with E-state index in [4.69, 9.17) is 14.2 Å². The molecule has 160 valence electrons. The summed E-state index contributed by atoms with van der Waals surface area (Å²) in [6.07, 6.45) is -0.376. The van der Waals surface area contributed by atoms with Crippen LogP contribution in [0.3, 0.4) is 0 Å². The maximum Gasteiger partial charge on any atom is 0.339 e. The zero-order valence-electron chi connectivity index (χ0n) is 17.6. The van der Waals surface area contributed by atoms with Crippen LogP contribution < -0.4 is 14.2 Å². The molecular weight excluding hydrogens is 406 g/mol. The van der Waals surface area contributed by atoms with E-state index in [0.717, 1.165) is 5.56 Å². The van der Waals surface area contributed by atoms with Crippen LogP contribution in [0.4, 0.5) is 0 Å². The minimum absolute atomic E-state index is 0.0956. The van der Waals surface area contributed by atoms with E-state index in [1.54, 1.807) is 51.1 Å². The Morgan fingerprint density at radius 1 is 1.10 bits per heavy atom. The Morgan fingerprint density at radius 3 is 2.37 bits per heavy atom. The number of carbonyl (C=O) groups is 1. The average Bonchev–Trinajstić information content (AvgIpc) is 2.67. The SMILES string of the molecule is COc1cccc2c1OC(C)=C(C(=O)OC(C)C)[C@@H]2NS(=O)(=O)c1ccc(C)cc1. The van der Waals surface area contributed by atoms with Gasteiger partial charge in [0.25, 0.3) is 0 Å². The number of rotatable bonds is 6. The highest BCUT2D eigenvalue weighted by molar-refractivity contribution is 7.89. The third kappa shape index (κ3) is 4.34. The molecule has 0 bridgehead atoms. The summed E-state index contributed by atoms with van der Waals surface area (Å²) in [6, 6.07) is 10.6. The van der Waals surface area contributed by atoms with Crippen LogP contribution in [0.2, 0.25) is 0 Å². The minimum atomic E-state index is -3.95. The molecule has 7 nitrogen and oxygen atoms in total. The molecule has 1 heterocycles. The number of hydrogen-bond acceptors (Lipinski definition) is 6. The van der Waals surface area contributed by atoms with Crippen molar-refractivity contribution in [2.45, 2.75) is 44.7 Å². The van der Waals surface area contributed by atoms with Crippen molar-refractivity contribution in [1.29, 1.82) is 0 Å². The molecule has 0 aliphatic carbocycles. The molecule has 0 radical (unpaired) electrons. The van der Waals surface area contributed by atoms with Crippen molar-refractivity contribution >= 4 is 16.0 Å². The van der Waals surface area contributed by atoms with Gasteiger partial charge >= 0.3 is 5.97 Å². The molecule has 3 rings (SSSR count). The molecule has 30 heavy (non-hydrogen) atoms. The predicted molar refractivity (Wildman–Crippen MR) is 112 cm³/mol. The lowest BCUT2D eigenvalue weighted by Crippen LogP contribution is -2.36. The summed E-state index contributed by atoms with van der Waals surface area (Å²) in [5.41, 5.74) is 1.50. The number of esters is 1. The van der Waals surface area contributed by atoms with Gasteiger partial charge in [-0.1, -0.05) is 29.8 Å². The Morgan fingerprint density at radius 2 is 1.77 bits per heavy atom. The number of nitrogens with one attached hydrogen (secondary N) is 1. The van der Waals surface area contributed by atoms with E-state index in [1.807, 2.05) is 6.92 Å². The first kappa shape index (κ1) is 21.9. The molecule has 0 saturated heterocycles. The Hall–Kier alpha value is -2.84. The molecule has 0 aromatic heterocycles. The molecule has 0 unspecified atom stereocenters. The molecule has 8 heteroatoms. The predicted octanol–water partition coefficient (Wildman–Crippen LogP) is 3.64. The molecule has 1 aliphatic rings. The summed E-state index contributed by atoms with van der Waals surface area (Å²) in [5.74, 6) is 0.389. The zero-order chi connectivity index (χ0) is 22.1. The lowest BCUT2D eigenvalue weighted by molar-refractivity contribution is -0.143. The van der Waals surface area contributed by atoms with Gasteiger partial charge in [0.2, 0.25) is 10.0 Å². The van der Waals surface area contributed by atoms with E-state index >= 15 is 0 Å². The maximum atomic E-state index is 13.1. The summed E-state index contributed by atoms with van der Waals surface area (Å²) in [5, 5.41) is 0. The molecule has 0 saturated carbocycles. The van der Waals surface area contributed by atoms with Crippen molar-refractivity contribution in [3.63, 3.8) is 0 Å². The van der Waals surface area contributed by atoms with Crippen molar-refractivity contribution in [2.75, 3.05) is 7.11 Å². The second-order valence-corrected chi connectivity index (χ2v) is 8.99. The van der Waals surface area contributed by atoms with Crippen LogP contribution in [0, 0.1) is 6.92 Å². The van der Waals surface area contributed by atoms with Crippen LogP contribution in [0.1, 0.15) is 37.9 Å². The number of hydrogen-bond donors (Lipinski definition) is 1. The fourth-order valence-corrected chi connectivity index (χ4v) is 4.38.